The van der Waals surface area contributed by atoms with Crippen LogP contribution in [0, 0.1) is 6.92 Å². The number of fused-ring (bicyclic) bond motifs is 2. The van der Waals surface area contributed by atoms with Crippen molar-refractivity contribution in [2.45, 2.75) is 39.5 Å². The maximum absolute atomic E-state index is 12.5. The smallest absolute Gasteiger partial charge is 0.340 e. The number of thiazole rings is 1. The molecule has 4 aromatic rings. The first-order chi connectivity index (χ1) is 13.2. The highest BCUT2D eigenvalue weighted by atomic mass is 32.1. The molecule has 0 saturated carbocycles. The zero-order chi connectivity index (χ0) is 20.1. The van der Waals surface area contributed by atoms with Crippen LogP contribution < -0.4 is 10.9 Å². The number of amides is 1. The van der Waals surface area contributed by atoms with E-state index in [9.17, 15) is 9.59 Å². The predicted molar refractivity (Wildman–Crippen MR) is 110 cm³/mol. The van der Waals surface area contributed by atoms with Gasteiger partial charge in [-0.2, -0.15) is 0 Å². The monoisotopic (exact) mass is 396 g/mol. The average Bonchev–Trinajstić information content (AvgIpc) is 3.26. The molecule has 0 bridgehead atoms. The van der Waals surface area contributed by atoms with E-state index in [0.717, 1.165) is 21.9 Å². The molecular formula is C21H20N2O4S. The first-order valence-electron chi connectivity index (χ1n) is 8.91. The first-order valence-corrected chi connectivity index (χ1v) is 9.79. The highest BCUT2D eigenvalue weighted by Gasteiger charge is 2.22. The number of hydrogen-bond acceptors (Lipinski definition) is 6. The summed E-state index contributed by atoms with van der Waals surface area (Å²) >= 11 is 1.32. The minimum absolute atomic E-state index is 0.0702. The molecule has 7 heteroatoms. The molecule has 3 aromatic heterocycles. The largest absolute Gasteiger partial charge is 0.464 e. The molecule has 0 radical (unpaired) electrons. The Morgan fingerprint density at radius 2 is 2.00 bits per heavy atom. The quantitative estimate of drug-likeness (QED) is 0.504. The third kappa shape index (κ3) is 3.22. The van der Waals surface area contributed by atoms with Crippen LogP contribution in [-0.2, 0) is 16.6 Å². The Morgan fingerprint density at radius 1 is 1.21 bits per heavy atom. The molecule has 0 aliphatic heterocycles. The lowest BCUT2D eigenvalue weighted by molar-refractivity contribution is -0.115. The number of rotatable bonds is 3. The second-order valence-corrected chi connectivity index (χ2v) is 8.69. The molecule has 3 heterocycles. The minimum atomic E-state index is -0.513. The van der Waals surface area contributed by atoms with Crippen LogP contribution in [0.1, 0.15) is 37.5 Å². The Balaban J connectivity index is 1.80. The van der Waals surface area contributed by atoms with E-state index in [0.29, 0.717) is 21.9 Å². The van der Waals surface area contributed by atoms with E-state index in [1.165, 1.54) is 11.3 Å². The van der Waals surface area contributed by atoms with Crippen LogP contribution in [0.5, 0.6) is 0 Å². The molecule has 1 aromatic carbocycles. The van der Waals surface area contributed by atoms with Crippen molar-refractivity contribution < 1.29 is 13.6 Å². The molecule has 144 valence electrons. The molecule has 0 saturated heterocycles. The minimum Gasteiger partial charge on any atom is -0.464 e. The summed E-state index contributed by atoms with van der Waals surface area (Å²) in [5, 5.41) is 6.76. The summed E-state index contributed by atoms with van der Waals surface area (Å²) in [7, 11) is 0. The maximum atomic E-state index is 12.5. The Morgan fingerprint density at radius 3 is 2.68 bits per heavy atom. The Kier molecular flexibility index (Phi) is 4.34. The fourth-order valence-corrected chi connectivity index (χ4v) is 3.85. The Hall–Kier alpha value is -2.93. The summed E-state index contributed by atoms with van der Waals surface area (Å²) < 4.78 is 11.2. The molecule has 0 spiro atoms. The second kappa shape index (κ2) is 6.60. The number of aryl methyl sites for hydroxylation is 1. The van der Waals surface area contributed by atoms with Crippen LogP contribution in [0.25, 0.3) is 21.9 Å². The van der Waals surface area contributed by atoms with Crippen molar-refractivity contribution >= 4 is 44.3 Å². The normalized spacial score (nSPS) is 12.0. The Bertz CT molecular complexity index is 1240. The summed E-state index contributed by atoms with van der Waals surface area (Å²) in [5.41, 5.74) is 2.70. The molecule has 6 nitrogen and oxygen atoms in total. The number of benzene rings is 1. The van der Waals surface area contributed by atoms with Crippen LogP contribution in [0.4, 0.5) is 5.13 Å². The first kappa shape index (κ1) is 18.4. The third-order valence-corrected chi connectivity index (χ3v) is 5.49. The fourth-order valence-electron chi connectivity index (χ4n) is 3.30. The summed E-state index contributed by atoms with van der Waals surface area (Å²) in [4.78, 5) is 28.9. The molecule has 0 aliphatic rings. The zero-order valence-electron chi connectivity index (χ0n) is 16.1. The number of anilines is 1. The van der Waals surface area contributed by atoms with E-state index in [2.05, 4.69) is 31.1 Å². The van der Waals surface area contributed by atoms with Crippen LogP contribution in [0.2, 0.25) is 0 Å². The highest BCUT2D eigenvalue weighted by Crippen LogP contribution is 2.35. The summed E-state index contributed by atoms with van der Waals surface area (Å²) in [5.74, 6) is -0.301. The van der Waals surface area contributed by atoms with Gasteiger partial charge in [0.1, 0.15) is 11.2 Å². The average molecular weight is 396 g/mol. The third-order valence-electron chi connectivity index (χ3n) is 4.81. The molecule has 0 fully saturated rings. The molecule has 4 rings (SSSR count). The van der Waals surface area contributed by atoms with Gasteiger partial charge < -0.3 is 14.2 Å². The van der Waals surface area contributed by atoms with Gasteiger partial charge in [-0.25, -0.2) is 9.78 Å². The second-order valence-electron chi connectivity index (χ2n) is 7.80. The van der Waals surface area contributed by atoms with Gasteiger partial charge in [0.2, 0.25) is 5.91 Å². The zero-order valence-corrected chi connectivity index (χ0v) is 16.9. The van der Waals surface area contributed by atoms with Gasteiger partial charge in [-0.05, 0) is 24.0 Å². The van der Waals surface area contributed by atoms with Crippen molar-refractivity contribution in [1.82, 2.24) is 4.98 Å². The van der Waals surface area contributed by atoms with E-state index >= 15 is 0 Å². The molecule has 1 amide bonds. The lowest BCUT2D eigenvalue weighted by atomic mass is 9.86. The van der Waals surface area contributed by atoms with Gasteiger partial charge in [-0.3, -0.25) is 4.79 Å². The van der Waals surface area contributed by atoms with Crippen LogP contribution >= 0.6 is 11.3 Å². The molecular weight excluding hydrogens is 376 g/mol. The van der Waals surface area contributed by atoms with E-state index in [1.54, 1.807) is 23.9 Å². The number of hydrogen-bond donors (Lipinski definition) is 1. The summed E-state index contributed by atoms with van der Waals surface area (Å²) in [6.45, 7) is 8.20. The summed E-state index contributed by atoms with van der Waals surface area (Å²) in [6, 6.07) is 3.73. The van der Waals surface area contributed by atoms with Gasteiger partial charge in [0.05, 0.1) is 18.2 Å². The Labute approximate surface area is 165 Å². The van der Waals surface area contributed by atoms with Crippen molar-refractivity contribution in [3.63, 3.8) is 0 Å². The van der Waals surface area contributed by atoms with Crippen molar-refractivity contribution in [3.05, 3.63) is 57.1 Å². The van der Waals surface area contributed by atoms with Gasteiger partial charge in [-0.15, -0.1) is 11.3 Å². The standard InChI is InChI=1S/C21H20N2O4S/c1-11-12-7-14-15(21(2,3)4)10-26-16(14)9-17(12)27-19(25)13(11)8-18(24)23-20-22-5-6-28-20/h5-7,9-10H,8H2,1-4H3,(H,22,23,24). The highest BCUT2D eigenvalue weighted by molar-refractivity contribution is 7.13. The SMILES string of the molecule is Cc1c(CC(=O)Nc2nccs2)c(=O)oc2cc3occ(C(C)(C)C)c3cc12. The van der Waals surface area contributed by atoms with Gasteiger partial charge in [0.15, 0.2) is 5.13 Å². The summed E-state index contributed by atoms with van der Waals surface area (Å²) in [6.07, 6.45) is 3.29. The predicted octanol–water partition coefficient (Wildman–Crippen LogP) is 4.78. The van der Waals surface area contributed by atoms with Crippen LogP contribution in [0.15, 0.2) is 43.6 Å². The van der Waals surface area contributed by atoms with E-state index in [-0.39, 0.29) is 17.7 Å². The molecule has 1 N–H and O–H groups in total. The number of nitrogens with one attached hydrogen (secondary N) is 1. The van der Waals surface area contributed by atoms with Crippen molar-refractivity contribution in [1.29, 1.82) is 0 Å². The number of carbonyl (C=O) groups excluding carboxylic acids is 1. The van der Waals surface area contributed by atoms with Crippen molar-refractivity contribution in [2.24, 2.45) is 0 Å². The van der Waals surface area contributed by atoms with Gasteiger partial charge >= 0.3 is 5.63 Å². The number of aromatic nitrogens is 1. The van der Waals surface area contributed by atoms with E-state index in [4.69, 9.17) is 8.83 Å². The maximum Gasteiger partial charge on any atom is 0.340 e. The van der Waals surface area contributed by atoms with Crippen LogP contribution in [0.3, 0.4) is 0 Å². The van der Waals surface area contributed by atoms with Crippen molar-refractivity contribution in [3.8, 4) is 0 Å². The van der Waals surface area contributed by atoms with E-state index < -0.39 is 5.63 Å². The fraction of sp³-hybridized carbons (Fsp3) is 0.286. The van der Waals surface area contributed by atoms with Gasteiger partial charge in [0, 0.05) is 34.0 Å². The lowest BCUT2D eigenvalue weighted by Crippen LogP contribution is -2.20. The topological polar surface area (TPSA) is 85.3 Å². The number of furan rings is 1. The van der Waals surface area contributed by atoms with Gasteiger partial charge in [0.25, 0.3) is 0 Å². The molecule has 0 atom stereocenters. The van der Waals surface area contributed by atoms with Gasteiger partial charge in [-0.1, -0.05) is 20.8 Å². The molecule has 0 unspecified atom stereocenters. The molecule has 0 aliphatic carbocycles. The van der Waals surface area contributed by atoms with Crippen LogP contribution in [-0.4, -0.2) is 10.9 Å². The van der Waals surface area contributed by atoms with E-state index in [1.807, 2.05) is 13.0 Å². The lowest BCUT2D eigenvalue weighted by Gasteiger charge is -2.16. The van der Waals surface area contributed by atoms with Crippen molar-refractivity contribution in [2.75, 3.05) is 5.32 Å². The number of carbonyl (C=O) groups is 1. The molecule has 28 heavy (non-hydrogen) atoms. The number of nitrogens with zero attached hydrogens (tertiary/aromatic N) is 1.